The molecule has 0 radical (unpaired) electrons. The lowest BCUT2D eigenvalue weighted by molar-refractivity contribution is -0.141. The van der Waals surface area contributed by atoms with Crippen LogP contribution in [0.5, 0.6) is 0 Å². The molecule has 0 bridgehead atoms. The highest BCUT2D eigenvalue weighted by Crippen LogP contribution is 1.99. The molecule has 1 rings (SSSR count). The molecule has 0 saturated carbocycles. The van der Waals surface area contributed by atoms with Gasteiger partial charge in [0.25, 0.3) is 0 Å². The molecular weight excluding hydrogens is 200 g/mol. The van der Waals surface area contributed by atoms with E-state index in [4.69, 9.17) is 0 Å². The van der Waals surface area contributed by atoms with Crippen LogP contribution >= 0.6 is 0 Å². The smallest absolute Gasteiger partial charge is 0.302 e. The van der Waals surface area contributed by atoms with Crippen LogP contribution in [0.15, 0.2) is 24.3 Å². The van der Waals surface area contributed by atoms with Crippen LogP contribution in [0.4, 0.5) is 0 Å². The Morgan fingerprint density at radius 3 is 1.88 bits per heavy atom. The predicted molar refractivity (Wildman–Crippen MR) is 67.5 cm³/mol. The fourth-order valence-electron chi connectivity index (χ4n) is 0.997. The average molecular weight is 222 g/mol. The minimum atomic E-state index is -0.182. The number of carbonyl (C=O) groups excluding carboxylic acids is 1. The first-order chi connectivity index (χ1) is 7.56. The number of unbranched alkanes of at least 4 members (excludes halogenated alkanes) is 1. The number of rotatable bonds is 3. The summed E-state index contributed by atoms with van der Waals surface area (Å²) in [5.41, 5.74) is 2.66. The molecule has 1 aromatic carbocycles. The molecule has 0 heterocycles. The van der Waals surface area contributed by atoms with Crippen LogP contribution in [0.3, 0.4) is 0 Å². The van der Waals surface area contributed by atoms with E-state index in [9.17, 15) is 4.79 Å². The third-order valence-electron chi connectivity index (χ3n) is 2.02. The fraction of sp³-hybridized carbons (Fsp3) is 0.500. The molecule has 16 heavy (non-hydrogen) atoms. The van der Waals surface area contributed by atoms with Crippen molar-refractivity contribution in [3.05, 3.63) is 35.4 Å². The number of hydrogen-bond donors (Lipinski definition) is 0. The minimum Gasteiger partial charge on any atom is -0.466 e. The zero-order valence-electron chi connectivity index (χ0n) is 10.7. The Morgan fingerprint density at radius 1 is 1.12 bits per heavy atom. The van der Waals surface area contributed by atoms with Gasteiger partial charge in [-0.25, -0.2) is 0 Å². The maximum absolute atomic E-state index is 10.1. The maximum atomic E-state index is 10.1. The molecule has 0 unspecified atom stereocenters. The van der Waals surface area contributed by atoms with Crippen LogP contribution in [0.2, 0.25) is 0 Å². The van der Waals surface area contributed by atoms with Crippen LogP contribution in [0.1, 0.15) is 37.8 Å². The molecule has 0 spiro atoms. The predicted octanol–water partition coefficient (Wildman–Crippen LogP) is 3.65. The summed E-state index contributed by atoms with van der Waals surface area (Å²) in [4.78, 5) is 10.1. The van der Waals surface area contributed by atoms with E-state index in [0.29, 0.717) is 6.61 Å². The molecule has 0 amide bonds. The van der Waals surface area contributed by atoms with Gasteiger partial charge in [-0.3, -0.25) is 4.79 Å². The van der Waals surface area contributed by atoms with Gasteiger partial charge >= 0.3 is 5.97 Å². The number of aryl methyl sites for hydroxylation is 2. The first-order valence-electron chi connectivity index (χ1n) is 5.73. The minimum absolute atomic E-state index is 0.182. The van der Waals surface area contributed by atoms with E-state index in [1.807, 2.05) is 0 Å². The summed E-state index contributed by atoms with van der Waals surface area (Å²) in [6.07, 6.45) is 2.05. The molecule has 0 atom stereocenters. The molecule has 0 aliphatic carbocycles. The van der Waals surface area contributed by atoms with E-state index >= 15 is 0 Å². The van der Waals surface area contributed by atoms with Crippen molar-refractivity contribution in [1.82, 2.24) is 0 Å². The van der Waals surface area contributed by atoms with Gasteiger partial charge < -0.3 is 4.74 Å². The number of esters is 1. The lowest BCUT2D eigenvalue weighted by atomic mass is 10.2. The monoisotopic (exact) mass is 222 g/mol. The highest BCUT2D eigenvalue weighted by Gasteiger charge is 1.88. The van der Waals surface area contributed by atoms with Gasteiger partial charge in [0.05, 0.1) is 6.61 Å². The summed E-state index contributed by atoms with van der Waals surface area (Å²) >= 11 is 0. The van der Waals surface area contributed by atoms with E-state index in [-0.39, 0.29) is 5.97 Å². The van der Waals surface area contributed by atoms with Gasteiger partial charge in [0.2, 0.25) is 0 Å². The van der Waals surface area contributed by atoms with Crippen LogP contribution in [0, 0.1) is 13.8 Å². The Hall–Kier alpha value is -1.31. The van der Waals surface area contributed by atoms with Gasteiger partial charge in [-0.05, 0) is 20.3 Å². The van der Waals surface area contributed by atoms with E-state index < -0.39 is 0 Å². The van der Waals surface area contributed by atoms with E-state index in [1.165, 1.54) is 18.1 Å². The third-order valence-corrected chi connectivity index (χ3v) is 2.02. The van der Waals surface area contributed by atoms with Crippen LogP contribution in [-0.2, 0) is 9.53 Å². The van der Waals surface area contributed by atoms with E-state index in [0.717, 1.165) is 12.8 Å². The van der Waals surface area contributed by atoms with Crippen LogP contribution in [-0.4, -0.2) is 12.6 Å². The third kappa shape index (κ3) is 9.25. The quantitative estimate of drug-likeness (QED) is 0.576. The lowest BCUT2D eigenvalue weighted by Gasteiger charge is -1.96. The summed E-state index contributed by atoms with van der Waals surface area (Å²) in [5, 5.41) is 0. The molecule has 0 aromatic heterocycles. The number of carbonyl (C=O) groups is 1. The zero-order valence-corrected chi connectivity index (χ0v) is 10.7. The van der Waals surface area contributed by atoms with E-state index in [1.54, 1.807) is 0 Å². The summed E-state index contributed by atoms with van der Waals surface area (Å²) in [7, 11) is 0. The second-order valence-corrected chi connectivity index (χ2v) is 3.85. The van der Waals surface area contributed by atoms with Gasteiger partial charge in [-0.15, -0.1) is 0 Å². The highest BCUT2D eigenvalue weighted by molar-refractivity contribution is 5.65. The van der Waals surface area contributed by atoms with Crippen LogP contribution < -0.4 is 0 Å². The second kappa shape index (κ2) is 8.96. The molecule has 1 aromatic rings. The Labute approximate surface area is 98.6 Å². The van der Waals surface area contributed by atoms with E-state index in [2.05, 4.69) is 49.8 Å². The molecule has 0 N–H and O–H groups in total. The number of benzene rings is 1. The summed E-state index contributed by atoms with van der Waals surface area (Å²) in [5.74, 6) is -0.182. The lowest BCUT2D eigenvalue weighted by Crippen LogP contribution is -1.99. The van der Waals surface area contributed by atoms with Crippen molar-refractivity contribution in [1.29, 1.82) is 0 Å². The van der Waals surface area contributed by atoms with Gasteiger partial charge in [0, 0.05) is 6.92 Å². The van der Waals surface area contributed by atoms with Crippen molar-refractivity contribution in [2.75, 3.05) is 6.61 Å². The second-order valence-electron chi connectivity index (χ2n) is 3.85. The molecule has 2 nitrogen and oxygen atoms in total. The molecule has 90 valence electrons. The fourth-order valence-corrected chi connectivity index (χ4v) is 0.997. The standard InChI is InChI=1S/C8H10.C6H12O2/c1-7-3-5-8(2)6-4-7;1-3-4-5-8-6(2)7/h3-6H,1-2H3;3-5H2,1-2H3. The van der Waals surface area contributed by atoms with Crippen molar-refractivity contribution >= 4 is 5.97 Å². The summed E-state index contributed by atoms with van der Waals surface area (Å²) in [6, 6.07) is 8.48. The Bertz CT molecular complexity index is 267. The van der Waals surface area contributed by atoms with Crippen molar-refractivity contribution in [2.24, 2.45) is 0 Å². The van der Waals surface area contributed by atoms with Crippen LogP contribution in [0.25, 0.3) is 0 Å². The average Bonchev–Trinajstić information content (AvgIpc) is 2.23. The first kappa shape index (κ1) is 14.7. The maximum Gasteiger partial charge on any atom is 0.302 e. The Morgan fingerprint density at radius 2 is 1.56 bits per heavy atom. The molecule has 2 heteroatoms. The highest BCUT2D eigenvalue weighted by atomic mass is 16.5. The number of hydrogen-bond acceptors (Lipinski definition) is 2. The van der Waals surface area contributed by atoms with Gasteiger partial charge in [-0.1, -0.05) is 48.7 Å². The van der Waals surface area contributed by atoms with Crippen molar-refractivity contribution in [3.8, 4) is 0 Å². The van der Waals surface area contributed by atoms with Crippen molar-refractivity contribution in [2.45, 2.75) is 40.5 Å². The van der Waals surface area contributed by atoms with Gasteiger partial charge in [0.15, 0.2) is 0 Å². The molecule has 0 aliphatic heterocycles. The molecule has 0 aliphatic rings. The normalized spacial score (nSPS) is 9.00. The van der Waals surface area contributed by atoms with Gasteiger partial charge in [0.1, 0.15) is 0 Å². The summed E-state index contributed by atoms with van der Waals surface area (Å²) < 4.78 is 4.64. The SMILES string of the molecule is CCCCOC(C)=O.Cc1ccc(C)cc1. The Kier molecular flexibility index (Phi) is 8.22. The Balaban J connectivity index is 0.000000281. The molecule has 0 saturated heterocycles. The molecular formula is C14H22O2. The summed E-state index contributed by atoms with van der Waals surface area (Å²) in [6.45, 7) is 8.25. The van der Waals surface area contributed by atoms with Crippen molar-refractivity contribution in [3.63, 3.8) is 0 Å². The largest absolute Gasteiger partial charge is 0.466 e. The number of ether oxygens (including phenoxy) is 1. The first-order valence-corrected chi connectivity index (χ1v) is 5.73. The molecule has 0 fully saturated rings. The van der Waals surface area contributed by atoms with Crippen molar-refractivity contribution < 1.29 is 9.53 Å². The topological polar surface area (TPSA) is 26.3 Å². The van der Waals surface area contributed by atoms with Gasteiger partial charge in [-0.2, -0.15) is 0 Å². The zero-order chi connectivity index (χ0) is 12.4.